The molecule has 0 aromatic heterocycles. The summed E-state index contributed by atoms with van der Waals surface area (Å²) in [7, 11) is 0. The molecule has 0 spiro atoms. The van der Waals surface area contributed by atoms with Crippen LogP contribution >= 0.6 is 0 Å². The van der Waals surface area contributed by atoms with Crippen molar-refractivity contribution in [3.8, 4) is 0 Å². The monoisotopic (exact) mass is 261 g/mol. The number of carbonyl (C=O) groups is 1. The molecule has 0 amide bonds. The van der Waals surface area contributed by atoms with Gasteiger partial charge in [0.1, 0.15) is 0 Å². The SMILES string of the molecule is Cc1ccc(C(=O)C2CC(C)(C)OC2(C)C)cc1N. The predicted octanol–water partition coefficient (Wildman–Crippen LogP) is 3.35. The van der Waals surface area contributed by atoms with Crippen molar-refractivity contribution in [2.24, 2.45) is 5.92 Å². The maximum Gasteiger partial charge on any atom is 0.168 e. The highest BCUT2D eigenvalue weighted by Gasteiger charge is 2.49. The van der Waals surface area contributed by atoms with Gasteiger partial charge in [-0.1, -0.05) is 12.1 Å². The van der Waals surface area contributed by atoms with Crippen LogP contribution in [0.2, 0.25) is 0 Å². The number of carbonyl (C=O) groups excluding carboxylic acids is 1. The second kappa shape index (κ2) is 4.34. The van der Waals surface area contributed by atoms with E-state index in [1.54, 1.807) is 6.07 Å². The summed E-state index contributed by atoms with van der Waals surface area (Å²) >= 11 is 0. The van der Waals surface area contributed by atoms with Crippen molar-refractivity contribution in [2.45, 2.75) is 52.2 Å². The number of hydrogen-bond acceptors (Lipinski definition) is 3. The molecule has 1 aliphatic rings. The zero-order valence-corrected chi connectivity index (χ0v) is 12.4. The molecule has 2 rings (SSSR count). The molecule has 1 fully saturated rings. The first-order valence-corrected chi connectivity index (χ1v) is 6.73. The molecule has 2 N–H and O–H groups in total. The van der Waals surface area contributed by atoms with E-state index in [0.717, 1.165) is 12.0 Å². The predicted molar refractivity (Wildman–Crippen MR) is 77.3 cm³/mol. The maximum atomic E-state index is 12.7. The van der Waals surface area contributed by atoms with E-state index in [2.05, 4.69) is 0 Å². The quantitative estimate of drug-likeness (QED) is 0.656. The normalized spacial score (nSPS) is 24.4. The van der Waals surface area contributed by atoms with Gasteiger partial charge in [0.25, 0.3) is 0 Å². The third-order valence-corrected chi connectivity index (χ3v) is 3.95. The van der Waals surface area contributed by atoms with Gasteiger partial charge in [0, 0.05) is 11.3 Å². The molecular weight excluding hydrogens is 238 g/mol. The van der Waals surface area contributed by atoms with Crippen LogP contribution in [-0.2, 0) is 4.74 Å². The number of Topliss-reactive ketones (excluding diaryl/α,β-unsaturated/α-hetero) is 1. The molecule has 0 saturated carbocycles. The summed E-state index contributed by atoms with van der Waals surface area (Å²) in [5.74, 6) is 0.00637. The third-order valence-electron chi connectivity index (χ3n) is 3.95. The topological polar surface area (TPSA) is 52.3 Å². The van der Waals surface area contributed by atoms with Crippen LogP contribution in [0.25, 0.3) is 0 Å². The number of benzene rings is 1. The second-order valence-corrected chi connectivity index (χ2v) is 6.66. The maximum absolute atomic E-state index is 12.7. The molecule has 1 aliphatic heterocycles. The summed E-state index contributed by atoms with van der Waals surface area (Å²) in [5.41, 5.74) is 7.56. The van der Waals surface area contributed by atoms with E-state index < -0.39 is 5.60 Å². The fraction of sp³-hybridized carbons (Fsp3) is 0.562. The molecule has 1 atom stereocenters. The molecule has 3 heteroatoms. The first kappa shape index (κ1) is 14.1. The van der Waals surface area contributed by atoms with E-state index in [0.29, 0.717) is 11.3 Å². The average Bonchev–Trinajstić information content (AvgIpc) is 2.49. The van der Waals surface area contributed by atoms with Gasteiger partial charge in [-0.3, -0.25) is 4.79 Å². The van der Waals surface area contributed by atoms with Crippen molar-refractivity contribution in [3.63, 3.8) is 0 Å². The van der Waals surface area contributed by atoms with Crippen LogP contribution in [0.5, 0.6) is 0 Å². The Bertz CT molecular complexity index is 517. The minimum Gasteiger partial charge on any atom is -0.398 e. The highest BCUT2D eigenvalue weighted by molar-refractivity contribution is 5.99. The third kappa shape index (κ3) is 2.66. The summed E-state index contributed by atoms with van der Waals surface area (Å²) < 4.78 is 5.99. The lowest BCUT2D eigenvalue weighted by atomic mass is 9.81. The Morgan fingerprint density at radius 1 is 1.32 bits per heavy atom. The average molecular weight is 261 g/mol. The fourth-order valence-corrected chi connectivity index (χ4v) is 2.97. The first-order chi connectivity index (χ1) is 8.62. The Hall–Kier alpha value is -1.35. The largest absolute Gasteiger partial charge is 0.398 e. The molecule has 0 aliphatic carbocycles. The highest BCUT2D eigenvalue weighted by atomic mass is 16.5. The number of ether oxygens (including phenoxy) is 1. The van der Waals surface area contributed by atoms with Crippen molar-refractivity contribution < 1.29 is 9.53 Å². The van der Waals surface area contributed by atoms with E-state index in [1.165, 1.54) is 0 Å². The van der Waals surface area contributed by atoms with Crippen LogP contribution in [0, 0.1) is 12.8 Å². The van der Waals surface area contributed by atoms with E-state index in [4.69, 9.17) is 10.5 Å². The van der Waals surface area contributed by atoms with Crippen LogP contribution in [0.1, 0.15) is 50.0 Å². The number of aryl methyl sites for hydroxylation is 1. The fourth-order valence-electron chi connectivity index (χ4n) is 2.97. The molecule has 1 unspecified atom stereocenters. The van der Waals surface area contributed by atoms with E-state index in [-0.39, 0.29) is 17.3 Å². The molecule has 1 heterocycles. The van der Waals surface area contributed by atoms with Crippen molar-refractivity contribution >= 4 is 11.5 Å². The van der Waals surface area contributed by atoms with Crippen LogP contribution < -0.4 is 5.73 Å². The van der Waals surface area contributed by atoms with Crippen LogP contribution in [0.15, 0.2) is 18.2 Å². The number of nitrogen functional groups attached to an aromatic ring is 1. The molecule has 1 aromatic rings. The van der Waals surface area contributed by atoms with Crippen LogP contribution in [0.4, 0.5) is 5.69 Å². The summed E-state index contributed by atoms with van der Waals surface area (Å²) in [5, 5.41) is 0. The zero-order chi connectivity index (χ0) is 14.4. The lowest BCUT2D eigenvalue weighted by Gasteiger charge is -2.26. The van der Waals surface area contributed by atoms with Gasteiger partial charge in [-0.15, -0.1) is 0 Å². The van der Waals surface area contributed by atoms with Crippen LogP contribution in [0.3, 0.4) is 0 Å². The van der Waals surface area contributed by atoms with Gasteiger partial charge in [-0.25, -0.2) is 0 Å². The highest BCUT2D eigenvalue weighted by Crippen LogP contribution is 2.43. The second-order valence-electron chi connectivity index (χ2n) is 6.66. The smallest absolute Gasteiger partial charge is 0.168 e. The first-order valence-electron chi connectivity index (χ1n) is 6.73. The molecule has 19 heavy (non-hydrogen) atoms. The zero-order valence-electron chi connectivity index (χ0n) is 12.4. The van der Waals surface area contributed by atoms with Gasteiger partial charge < -0.3 is 10.5 Å². The number of nitrogens with two attached hydrogens (primary N) is 1. The standard InChI is InChI=1S/C16H23NO2/c1-10-6-7-11(8-13(10)17)14(18)12-9-15(2,3)19-16(12,4)5/h6-8,12H,9,17H2,1-5H3. The van der Waals surface area contributed by atoms with Gasteiger partial charge in [0.2, 0.25) is 0 Å². The van der Waals surface area contributed by atoms with Crippen molar-refractivity contribution in [3.05, 3.63) is 29.3 Å². The van der Waals surface area contributed by atoms with E-state index in [9.17, 15) is 4.79 Å². The van der Waals surface area contributed by atoms with Crippen molar-refractivity contribution in [1.29, 1.82) is 0 Å². The molecule has 1 saturated heterocycles. The molecular formula is C16H23NO2. The minimum atomic E-state index is -0.430. The van der Waals surface area contributed by atoms with Crippen molar-refractivity contribution in [2.75, 3.05) is 5.73 Å². The van der Waals surface area contributed by atoms with Crippen LogP contribution in [-0.4, -0.2) is 17.0 Å². The summed E-state index contributed by atoms with van der Waals surface area (Å²) in [6.07, 6.45) is 0.743. The van der Waals surface area contributed by atoms with Gasteiger partial charge in [0.15, 0.2) is 5.78 Å². The van der Waals surface area contributed by atoms with Gasteiger partial charge in [-0.2, -0.15) is 0 Å². The van der Waals surface area contributed by atoms with Crippen molar-refractivity contribution in [1.82, 2.24) is 0 Å². The number of rotatable bonds is 2. The molecule has 1 aromatic carbocycles. The molecule has 3 nitrogen and oxygen atoms in total. The summed E-state index contributed by atoms with van der Waals surface area (Å²) in [6, 6.07) is 5.53. The summed E-state index contributed by atoms with van der Waals surface area (Å²) in [6.45, 7) is 9.98. The van der Waals surface area contributed by atoms with Gasteiger partial charge in [-0.05, 0) is 52.7 Å². The Balaban J connectivity index is 2.31. The Morgan fingerprint density at radius 2 is 1.95 bits per heavy atom. The van der Waals surface area contributed by atoms with Gasteiger partial charge >= 0.3 is 0 Å². The number of ketones is 1. The van der Waals surface area contributed by atoms with E-state index >= 15 is 0 Å². The summed E-state index contributed by atoms with van der Waals surface area (Å²) in [4.78, 5) is 12.7. The lowest BCUT2D eigenvalue weighted by Crippen LogP contribution is -2.33. The number of anilines is 1. The molecule has 0 bridgehead atoms. The molecule has 0 radical (unpaired) electrons. The Morgan fingerprint density at radius 3 is 2.42 bits per heavy atom. The number of hydrogen-bond donors (Lipinski definition) is 1. The van der Waals surface area contributed by atoms with E-state index in [1.807, 2.05) is 46.8 Å². The van der Waals surface area contributed by atoms with Gasteiger partial charge in [0.05, 0.1) is 17.1 Å². The minimum absolute atomic E-state index is 0.121. The lowest BCUT2D eigenvalue weighted by molar-refractivity contribution is -0.0712. The molecule has 104 valence electrons. The Labute approximate surface area is 115 Å². The Kier molecular flexibility index (Phi) is 3.21.